The van der Waals surface area contributed by atoms with Gasteiger partial charge in [-0.2, -0.15) is 0 Å². The van der Waals surface area contributed by atoms with Crippen LogP contribution in [0.1, 0.15) is 16.1 Å². The van der Waals surface area contributed by atoms with Gasteiger partial charge in [-0.15, -0.1) is 0 Å². The maximum Gasteiger partial charge on any atom is 0.276 e. The average molecular weight is 404 g/mol. The molecule has 0 aliphatic carbocycles. The molecule has 0 bridgehead atoms. The largest absolute Gasteiger partial charge is 0.355 e. The van der Waals surface area contributed by atoms with Gasteiger partial charge in [-0.1, -0.05) is 52.9 Å². The first kappa shape index (κ1) is 17.9. The zero-order valence-corrected chi connectivity index (χ0v) is 16.9. The molecule has 29 heavy (non-hydrogen) atoms. The van der Waals surface area contributed by atoms with Crippen molar-refractivity contribution in [3.8, 4) is 11.3 Å². The van der Waals surface area contributed by atoms with Gasteiger partial charge in [0.1, 0.15) is 0 Å². The van der Waals surface area contributed by atoms with Crippen LogP contribution in [0.5, 0.6) is 0 Å². The van der Waals surface area contributed by atoms with Gasteiger partial charge in [0.05, 0.1) is 10.2 Å². The van der Waals surface area contributed by atoms with E-state index in [9.17, 15) is 4.79 Å². The van der Waals surface area contributed by atoms with Gasteiger partial charge < -0.3 is 14.3 Å². The van der Waals surface area contributed by atoms with Gasteiger partial charge in [-0.3, -0.25) is 4.79 Å². The number of hydrogen-bond acceptors (Lipinski definition) is 6. The first-order valence-electron chi connectivity index (χ1n) is 9.61. The van der Waals surface area contributed by atoms with E-state index in [1.807, 2.05) is 35.2 Å². The van der Waals surface area contributed by atoms with Crippen LogP contribution in [0.3, 0.4) is 0 Å². The summed E-state index contributed by atoms with van der Waals surface area (Å²) in [6, 6.07) is 17.7. The van der Waals surface area contributed by atoms with Crippen LogP contribution in [0, 0.1) is 6.92 Å². The molecule has 1 aliphatic rings. The standard InChI is InChI=1S/C22H20N4O2S/c1-15-7-8-17-20(13-15)29-22(23-17)26-11-9-25(10-12-26)21(27)18-14-19(28-24-18)16-5-3-2-4-6-16/h2-8,13-14H,9-12H2,1H3. The Bertz CT molecular complexity index is 1160. The highest BCUT2D eigenvalue weighted by molar-refractivity contribution is 7.22. The van der Waals surface area contributed by atoms with Crippen molar-refractivity contribution in [2.45, 2.75) is 6.92 Å². The summed E-state index contributed by atoms with van der Waals surface area (Å²) in [6.07, 6.45) is 0. The summed E-state index contributed by atoms with van der Waals surface area (Å²) in [5, 5.41) is 5.01. The fourth-order valence-corrected chi connectivity index (χ4v) is 4.65. The number of fused-ring (bicyclic) bond motifs is 1. The van der Waals surface area contributed by atoms with Crippen LogP contribution in [0.4, 0.5) is 5.13 Å². The highest BCUT2D eigenvalue weighted by Gasteiger charge is 2.26. The molecule has 0 radical (unpaired) electrons. The number of rotatable bonds is 3. The lowest BCUT2D eigenvalue weighted by Gasteiger charge is -2.34. The van der Waals surface area contributed by atoms with Gasteiger partial charge in [-0.25, -0.2) is 4.98 Å². The Labute approximate surface area is 172 Å². The van der Waals surface area contributed by atoms with Gasteiger partial charge in [-0.05, 0) is 24.6 Å². The van der Waals surface area contributed by atoms with Crippen molar-refractivity contribution < 1.29 is 9.32 Å². The number of aromatic nitrogens is 2. The molecule has 2 aromatic heterocycles. The topological polar surface area (TPSA) is 62.5 Å². The summed E-state index contributed by atoms with van der Waals surface area (Å²) in [5.41, 5.74) is 3.54. The summed E-state index contributed by atoms with van der Waals surface area (Å²) in [4.78, 5) is 21.7. The number of carbonyl (C=O) groups is 1. The van der Waals surface area contributed by atoms with E-state index in [4.69, 9.17) is 9.51 Å². The monoisotopic (exact) mass is 404 g/mol. The molecule has 146 valence electrons. The number of anilines is 1. The van der Waals surface area contributed by atoms with E-state index in [2.05, 4.69) is 35.2 Å². The Kier molecular flexibility index (Phi) is 4.52. The first-order chi connectivity index (χ1) is 14.2. The Hall–Kier alpha value is -3.19. The van der Waals surface area contributed by atoms with Crippen molar-refractivity contribution in [1.82, 2.24) is 15.0 Å². The fourth-order valence-electron chi connectivity index (χ4n) is 3.53. The van der Waals surface area contributed by atoms with Crippen molar-refractivity contribution >= 4 is 32.6 Å². The maximum atomic E-state index is 12.8. The quantitative estimate of drug-likeness (QED) is 0.512. The molecular formula is C22H20N4O2S. The van der Waals surface area contributed by atoms with Crippen LogP contribution in [0.2, 0.25) is 0 Å². The van der Waals surface area contributed by atoms with E-state index in [1.165, 1.54) is 10.3 Å². The highest BCUT2D eigenvalue weighted by atomic mass is 32.1. The molecule has 7 heteroatoms. The van der Waals surface area contributed by atoms with Gasteiger partial charge in [0.2, 0.25) is 0 Å². The molecule has 4 aromatic rings. The molecule has 0 atom stereocenters. The predicted octanol–water partition coefficient (Wildman–Crippen LogP) is 4.22. The number of amides is 1. The molecular weight excluding hydrogens is 384 g/mol. The minimum absolute atomic E-state index is 0.0875. The van der Waals surface area contributed by atoms with Crippen LogP contribution >= 0.6 is 11.3 Å². The Morgan fingerprint density at radius 2 is 1.83 bits per heavy atom. The molecule has 3 heterocycles. The molecule has 1 fully saturated rings. The van der Waals surface area contributed by atoms with Crippen LogP contribution < -0.4 is 4.90 Å². The van der Waals surface area contributed by atoms with E-state index in [0.717, 1.165) is 29.3 Å². The molecule has 5 rings (SSSR count). The van der Waals surface area contributed by atoms with Crippen molar-refractivity contribution in [3.63, 3.8) is 0 Å². The second kappa shape index (κ2) is 7.33. The lowest BCUT2D eigenvalue weighted by atomic mass is 10.1. The van der Waals surface area contributed by atoms with Crippen molar-refractivity contribution in [2.75, 3.05) is 31.1 Å². The summed E-state index contributed by atoms with van der Waals surface area (Å²) >= 11 is 1.71. The smallest absolute Gasteiger partial charge is 0.276 e. The normalized spacial score (nSPS) is 14.5. The molecule has 0 N–H and O–H groups in total. The average Bonchev–Trinajstić information content (AvgIpc) is 3.41. The number of hydrogen-bond donors (Lipinski definition) is 0. The van der Waals surface area contributed by atoms with Crippen LogP contribution in [0.15, 0.2) is 59.1 Å². The number of aryl methyl sites for hydroxylation is 1. The Balaban J connectivity index is 1.26. The lowest BCUT2D eigenvalue weighted by molar-refractivity contribution is 0.0736. The maximum absolute atomic E-state index is 12.8. The first-order valence-corrected chi connectivity index (χ1v) is 10.4. The number of piperazine rings is 1. The van der Waals surface area contributed by atoms with E-state index in [-0.39, 0.29) is 5.91 Å². The molecule has 0 saturated carbocycles. The summed E-state index contributed by atoms with van der Waals surface area (Å²) < 4.78 is 6.58. The van der Waals surface area contributed by atoms with E-state index >= 15 is 0 Å². The summed E-state index contributed by atoms with van der Waals surface area (Å²) in [6.45, 7) is 4.89. The SMILES string of the molecule is Cc1ccc2nc(N3CCN(C(=O)c4cc(-c5ccccc5)on4)CC3)sc2c1. The van der Waals surface area contributed by atoms with Crippen molar-refractivity contribution in [1.29, 1.82) is 0 Å². The third-order valence-corrected chi connectivity index (χ3v) is 6.24. The minimum atomic E-state index is -0.0875. The van der Waals surface area contributed by atoms with E-state index < -0.39 is 0 Å². The second-order valence-corrected chi connectivity index (χ2v) is 8.20. The van der Waals surface area contributed by atoms with E-state index in [1.54, 1.807) is 17.4 Å². The zero-order valence-electron chi connectivity index (χ0n) is 16.0. The Morgan fingerprint density at radius 3 is 2.62 bits per heavy atom. The molecule has 2 aromatic carbocycles. The molecule has 6 nitrogen and oxygen atoms in total. The van der Waals surface area contributed by atoms with Gasteiger partial charge in [0.25, 0.3) is 5.91 Å². The highest BCUT2D eigenvalue weighted by Crippen LogP contribution is 2.30. The molecule has 1 aliphatic heterocycles. The molecule has 1 saturated heterocycles. The van der Waals surface area contributed by atoms with Gasteiger partial charge in [0, 0.05) is 37.8 Å². The number of carbonyl (C=O) groups excluding carboxylic acids is 1. The lowest BCUT2D eigenvalue weighted by Crippen LogP contribution is -2.48. The third kappa shape index (κ3) is 3.49. The van der Waals surface area contributed by atoms with E-state index in [0.29, 0.717) is 24.5 Å². The number of benzene rings is 2. The van der Waals surface area contributed by atoms with Crippen molar-refractivity contribution in [3.05, 3.63) is 65.9 Å². The van der Waals surface area contributed by atoms with Gasteiger partial charge >= 0.3 is 0 Å². The number of thiazole rings is 1. The van der Waals surface area contributed by atoms with Crippen LogP contribution in [0.25, 0.3) is 21.5 Å². The predicted molar refractivity (Wildman–Crippen MR) is 114 cm³/mol. The van der Waals surface area contributed by atoms with Crippen LogP contribution in [-0.2, 0) is 0 Å². The van der Waals surface area contributed by atoms with Crippen molar-refractivity contribution in [2.24, 2.45) is 0 Å². The number of nitrogens with zero attached hydrogens (tertiary/aromatic N) is 4. The second-order valence-electron chi connectivity index (χ2n) is 7.19. The van der Waals surface area contributed by atoms with Gasteiger partial charge in [0.15, 0.2) is 16.6 Å². The Morgan fingerprint density at radius 1 is 1.03 bits per heavy atom. The zero-order chi connectivity index (χ0) is 19.8. The third-order valence-electron chi connectivity index (χ3n) is 5.16. The fraction of sp³-hybridized carbons (Fsp3) is 0.227. The summed E-state index contributed by atoms with van der Waals surface area (Å²) in [5.74, 6) is 0.521. The molecule has 0 unspecified atom stereocenters. The minimum Gasteiger partial charge on any atom is -0.355 e. The molecule has 0 spiro atoms. The van der Waals surface area contributed by atoms with Crippen LogP contribution in [-0.4, -0.2) is 47.1 Å². The molecule has 1 amide bonds. The summed E-state index contributed by atoms with van der Waals surface area (Å²) in [7, 11) is 0.